The molecule has 3 nitrogen and oxygen atoms in total. The van der Waals surface area contributed by atoms with Crippen LogP contribution in [0, 0.1) is 0 Å². The van der Waals surface area contributed by atoms with Gasteiger partial charge in [-0.3, -0.25) is 0 Å². The van der Waals surface area contributed by atoms with Crippen LogP contribution in [-0.4, -0.2) is 18.7 Å². The van der Waals surface area contributed by atoms with Crippen molar-refractivity contribution >= 4 is 5.69 Å². The fourth-order valence-electron chi connectivity index (χ4n) is 2.19. The minimum Gasteiger partial charge on any atom is -0.484 e. The van der Waals surface area contributed by atoms with Crippen molar-refractivity contribution < 1.29 is 4.74 Å². The van der Waals surface area contributed by atoms with Gasteiger partial charge in [0.2, 0.25) is 0 Å². The Morgan fingerprint density at radius 3 is 2.81 bits per heavy atom. The van der Waals surface area contributed by atoms with E-state index in [0.29, 0.717) is 6.54 Å². The highest BCUT2D eigenvalue weighted by Crippen LogP contribution is 2.37. The van der Waals surface area contributed by atoms with Gasteiger partial charge in [-0.1, -0.05) is 6.07 Å². The Labute approximate surface area is 97.2 Å². The van der Waals surface area contributed by atoms with Crippen LogP contribution in [0.2, 0.25) is 0 Å². The lowest BCUT2D eigenvalue weighted by Crippen LogP contribution is -2.46. The van der Waals surface area contributed by atoms with Gasteiger partial charge in [0.15, 0.2) is 0 Å². The molecule has 1 heterocycles. The quantitative estimate of drug-likeness (QED) is 0.830. The van der Waals surface area contributed by atoms with Crippen molar-refractivity contribution in [3.05, 3.63) is 23.8 Å². The van der Waals surface area contributed by atoms with E-state index in [-0.39, 0.29) is 5.60 Å². The standard InChI is InChI=1S/C13H20N2O/c1-4-15-9-13(2,3)16-12-7-10(8-14)5-6-11(12)15/h5-7H,4,8-9,14H2,1-3H3. The lowest BCUT2D eigenvalue weighted by atomic mass is 10.0. The number of nitrogens with two attached hydrogens (primary N) is 1. The van der Waals surface area contributed by atoms with Crippen molar-refractivity contribution in [3.8, 4) is 5.75 Å². The zero-order valence-electron chi connectivity index (χ0n) is 10.3. The number of benzene rings is 1. The van der Waals surface area contributed by atoms with E-state index in [2.05, 4.69) is 43.9 Å². The zero-order chi connectivity index (χ0) is 11.8. The molecule has 0 saturated heterocycles. The molecule has 2 N–H and O–H groups in total. The SMILES string of the molecule is CCN1CC(C)(C)Oc2cc(CN)ccc21. The molecule has 1 aliphatic heterocycles. The summed E-state index contributed by atoms with van der Waals surface area (Å²) < 4.78 is 6.00. The molecule has 1 aromatic rings. The first-order valence-corrected chi connectivity index (χ1v) is 5.82. The summed E-state index contributed by atoms with van der Waals surface area (Å²) in [5.41, 5.74) is 7.82. The summed E-state index contributed by atoms with van der Waals surface area (Å²) in [6, 6.07) is 6.23. The molecule has 0 fully saturated rings. The molecule has 1 aromatic carbocycles. The number of ether oxygens (including phenoxy) is 1. The second-order valence-electron chi connectivity index (χ2n) is 4.88. The largest absolute Gasteiger partial charge is 0.484 e. The predicted molar refractivity (Wildman–Crippen MR) is 66.9 cm³/mol. The zero-order valence-corrected chi connectivity index (χ0v) is 10.3. The number of likely N-dealkylation sites (N-methyl/N-ethyl adjacent to an activating group) is 1. The summed E-state index contributed by atoms with van der Waals surface area (Å²) >= 11 is 0. The molecule has 0 radical (unpaired) electrons. The van der Waals surface area contributed by atoms with Crippen LogP contribution in [0.25, 0.3) is 0 Å². The first-order valence-electron chi connectivity index (χ1n) is 5.82. The summed E-state index contributed by atoms with van der Waals surface area (Å²) in [5, 5.41) is 0. The maximum Gasteiger partial charge on any atom is 0.143 e. The fourth-order valence-corrected chi connectivity index (χ4v) is 2.19. The van der Waals surface area contributed by atoms with Crippen molar-refractivity contribution in [2.45, 2.75) is 32.9 Å². The first kappa shape index (κ1) is 11.3. The Balaban J connectivity index is 2.42. The van der Waals surface area contributed by atoms with Gasteiger partial charge in [-0.25, -0.2) is 0 Å². The number of anilines is 1. The first-order chi connectivity index (χ1) is 7.55. The third-order valence-electron chi connectivity index (χ3n) is 2.94. The van der Waals surface area contributed by atoms with Gasteiger partial charge in [-0.2, -0.15) is 0 Å². The highest BCUT2D eigenvalue weighted by molar-refractivity contribution is 5.61. The van der Waals surface area contributed by atoms with Crippen LogP contribution in [0.4, 0.5) is 5.69 Å². The summed E-state index contributed by atoms with van der Waals surface area (Å²) in [5.74, 6) is 0.959. The molecule has 0 bridgehead atoms. The van der Waals surface area contributed by atoms with Gasteiger partial charge in [-0.15, -0.1) is 0 Å². The Kier molecular flexibility index (Phi) is 2.80. The van der Waals surface area contributed by atoms with Crippen LogP contribution in [0.15, 0.2) is 18.2 Å². The molecule has 2 rings (SSSR count). The molecule has 0 spiro atoms. The second kappa shape index (κ2) is 3.98. The average Bonchev–Trinajstić information content (AvgIpc) is 2.25. The summed E-state index contributed by atoms with van der Waals surface area (Å²) in [6.07, 6.45) is 0. The molecule has 0 amide bonds. The third-order valence-corrected chi connectivity index (χ3v) is 2.94. The molecule has 3 heteroatoms. The van der Waals surface area contributed by atoms with E-state index < -0.39 is 0 Å². The van der Waals surface area contributed by atoms with E-state index in [9.17, 15) is 0 Å². The molecular formula is C13H20N2O. The van der Waals surface area contributed by atoms with E-state index in [1.807, 2.05) is 0 Å². The minimum atomic E-state index is -0.129. The van der Waals surface area contributed by atoms with Crippen LogP contribution in [0.3, 0.4) is 0 Å². The Bertz CT molecular complexity index is 388. The maximum absolute atomic E-state index is 6.00. The van der Waals surface area contributed by atoms with E-state index in [1.54, 1.807) is 0 Å². The topological polar surface area (TPSA) is 38.5 Å². The van der Waals surface area contributed by atoms with E-state index in [0.717, 1.165) is 24.4 Å². The van der Waals surface area contributed by atoms with Crippen molar-refractivity contribution in [1.82, 2.24) is 0 Å². The molecule has 1 aliphatic rings. The van der Waals surface area contributed by atoms with Gasteiger partial charge in [0, 0.05) is 13.1 Å². The fraction of sp³-hybridized carbons (Fsp3) is 0.538. The monoisotopic (exact) mass is 220 g/mol. The van der Waals surface area contributed by atoms with Gasteiger partial charge in [-0.05, 0) is 38.5 Å². The predicted octanol–water partition coefficient (Wildman–Crippen LogP) is 2.14. The molecule has 88 valence electrons. The van der Waals surface area contributed by atoms with E-state index in [1.165, 1.54) is 5.69 Å². The third kappa shape index (κ3) is 2.00. The molecule has 0 aliphatic carbocycles. The Morgan fingerprint density at radius 1 is 1.44 bits per heavy atom. The Morgan fingerprint density at radius 2 is 2.19 bits per heavy atom. The lowest BCUT2D eigenvalue weighted by Gasteiger charge is -2.40. The smallest absolute Gasteiger partial charge is 0.143 e. The second-order valence-corrected chi connectivity index (χ2v) is 4.88. The van der Waals surface area contributed by atoms with Crippen LogP contribution in [-0.2, 0) is 6.54 Å². The lowest BCUT2D eigenvalue weighted by molar-refractivity contribution is 0.105. The van der Waals surface area contributed by atoms with Gasteiger partial charge in [0.1, 0.15) is 11.4 Å². The molecule has 0 saturated carbocycles. The van der Waals surface area contributed by atoms with Crippen molar-refractivity contribution in [2.24, 2.45) is 5.73 Å². The number of rotatable bonds is 2. The number of hydrogen-bond acceptors (Lipinski definition) is 3. The number of hydrogen-bond donors (Lipinski definition) is 1. The highest BCUT2D eigenvalue weighted by atomic mass is 16.5. The number of nitrogens with zero attached hydrogens (tertiary/aromatic N) is 1. The summed E-state index contributed by atoms with van der Waals surface area (Å²) in [4.78, 5) is 2.35. The molecular weight excluding hydrogens is 200 g/mol. The van der Waals surface area contributed by atoms with Crippen LogP contribution >= 0.6 is 0 Å². The van der Waals surface area contributed by atoms with Crippen molar-refractivity contribution in [1.29, 1.82) is 0 Å². The molecule has 16 heavy (non-hydrogen) atoms. The van der Waals surface area contributed by atoms with Gasteiger partial charge in [0.05, 0.1) is 12.2 Å². The van der Waals surface area contributed by atoms with Crippen LogP contribution < -0.4 is 15.4 Å². The summed E-state index contributed by atoms with van der Waals surface area (Å²) in [7, 11) is 0. The Hall–Kier alpha value is -1.22. The average molecular weight is 220 g/mol. The van der Waals surface area contributed by atoms with Crippen molar-refractivity contribution in [2.75, 3.05) is 18.0 Å². The minimum absolute atomic E-state index is 0.129. The molecule has 0 atom stereocenters. The molecule has 0 aromatic heterocycles. The van der Waals surface area contributed by atoms with Crippen LogP contribution in [0.1, 0.15) is 26.3 Å². The molecule has 0 unspecified atom stereocenters. The highest BCUT2D eigenvalue weighted by Gasteiger charge is 2.30. The van der Waals surface area contributed by atoms with Crippen LogP contribution in [0.5, 0.6) is 5.75 Å². The number of fused-ring (bicyclic) bond motifs is 1. The van der Waals surface area contributed by atoms with Crippen molar-refractivity contribution in [3.63, 3.8) is 0 Å². The maximum atomic E-state index is 6.00. The van der Waals surface area contributed by atoms with Gasteiger partial charge >= 0.3 is 0 Å². The van der Waals surface area contributed by atoms with Gasteiger partial charge < -0.3 is 15.4 Å². The summed E-state index contributed by atoms with van der Waals surface area (Å²) in [6.45, 7) is 8.90. The van der Waals surface area contributed by atoms with E-state index in [4.69, 9.17) is 10.5 Å². The van der Waals surface area contributed by atoms with Gasteiger partial charge in [0.25, 0.3) is 0 Å². The normalized spacial score (nSPS) is 17.9. The van der Waals surface area contributed by atoms with E-state index >= 15 is 0 Å².